The molecule has 1 amide bonds. The normalized spacial score (nSPS) is 14.6. The Labute approximate surface area is 184 Å². The van der Waals surface area contributed by atoms with Gasteiger partial charge in [0.05, 0.1) is 12.6 Å². The van der Waals surface area contributed by atoms with Gasteiger partial charge in [-0.25, -0.2) is 0 Å². The van der Waals surface area contributed by atoms with E-state index in [-0.39, 0.29) is 17.7 Å². The summed E-state index contributed by atoms with van der Waals surface area (Å²) in [7, 11) is 1.90. The maximum atomic E-state index is 13.2. The minimum Gasteiger partial charge on any atom is -0.508 e. The molecular weight excluding hydrogens is 386 g/mol. The molecule has 0 aliphatic carbocycles. The second-order valence-electron chi connectivity index (χ2n) is 8.01. The van der Waals surface area contributed by atoms with Gasteiger partial charge in [-0.3, -0.25) is 9.69 Å². The number of aromatic hydroxyl groups is 1. The van der Waals surface area contributed by atoms with Gasteiger partial charge in [-0.15, -0.1) is 0 Å². The standard InChI is InChI=1S/C26H29N3O2/c1-27(26(21-8-4-2-5-9-21)22-10-6-3-7-11-22)25(31)20-28-16-18-29(19-17-28)23-12-14-24(30)15-13-23/h2-15,26,30H,16-20H2,1H3. The molecule has 3 aromatic rings. The van der Waals surface area contributed by atoms with Gasteiger partial charge in [-0.2, -0.15) is 0 Å². The first-order chi connectivity index (χ1) is 15.1. The van der Waals surface area contributed by atoms with E-state index in [9.17, 15) is 9.90 Å². The SMILES string of the molecule is CN(C(=O)CN1CCN(c2ccc(O)cc2)CC1)C(c1ccccc1)c1ccccc1. The molecule has 0 saturated carbocycles. The van der Waals surface area contributed by atoms with Gasteiger partial charge in [0.15, 0.2) is 0 Å². The lowest BCUT2D eigenvalue weighted by atomic mass is 9.97. The first-order valence-corrected chi connectivity index (χ1v) is 10.7. The molecule has 1 fully saturated rings. The number of likely N-dealkylation sites (N-methyl/N-ethyl adjacent to an activating group) is 1. The van der Waals surface area contributed by atoms with Crippen LogP contribution in [0.4, 0.5) is 5.69 Å². The van der Waals surface area contributed by atoms with Gasteiger partial charge in [0.2, 0.25) is 5.91 Å². The second kappa shape index (κ2) is 9.67. The van der Waals surface area contributed by atoms with Gasteiger partial charge in [-0.05, 0) is 35.4 Å². The molecule has 1 aliphatic rings. The van der Waals surface area contributed by atoms with E-state index >= 15 is 0 Å². The molecule has 0 unspecified atom stereocenters. The number of phenolic OH excluding ortho intramolecular Hbond substituents is 1. The molecule has 5 nitrogen and oxygen atoms in total. The highest BCUT2D eigenvalue weighted by Crippen LogP contribution is 2.28. The minimum absolute atomic E-state index is 0.104. The molecular formula is C26H29N3O2. The number of carbonyl (C=O) groups is 1. The quantitative estimate of drug-likeness (QED) is 0.666. The summed E-state index contributed by atoms with van der Waals surface area (Å²) in [5, 5.41) is 9.49. The number of phenols is 1. The number of carbonyl (C=O) groups excluding carboxylic acids is 1. The van der Waals surface area contributed by atoms with Crippen molar-refractivity contribution in [1.29, 1.82) is 0 Å². The van der Waals surface area contributed by atoms with Crippen molar-refractivity contribution in [2.24, 2.45) is 0 Å². The highest BCUT2D eigenvalue weighted by molar-refractivity contribution is 5.79. The van der Waals surface area contributed by atoms with Crippen LogP contribution < -0.4 is 4.90 Å². The lowest BCUT2D eigenvalue weighted by molar-refractivity contribution is -0.132. The fraction of sp³-hybridized carbons (Fsp3) is 0.269. The Bertz CT molecular complexity index is 929. The lowest BCUT2D eigenvalue weighted by Gasteiger charge is -2.37. The Kier molecular flexibility index (Phi) is 6.53. The van der Waals surface area contributed by atoms with Crippen molar-refractivity contribution in [3.8, 4) is 5.75 Å². The predicted molar refractivity (Wildman–Crippen MR) is 124 cm³/mol. The van der Waals surface area contributed by atoms with Gasteiger partial charge in [0.1, 0.15) is 5.75 Å². The summed E-state index contributed by atoms with van der Waals surface area (Å²) in [6.45, 7) is 3.81. The van der Waals surface area contributed by atoms with Crippen LogP contribution in [0.2, 0.25) is 0 Å². The summed E-state index contributed by atoms with van der Waals surface area (Å²) >= 11 is 0. The van der Waals surface area contributed by atoms with E-state index in [1.165, 1.54) is 0 Å². The Morgan fingerprint density at radius 2 is 1.35 bits per heavy atom. The van der Waals surface area contributed by atoms with Crippen LogP contribution >= 0.6 is 0 Å². The number of hydrogen-bond donors (Lipinski definition) is 1. The molecule has 5 heteroatoms. The summed E-state index contributed by atoms with van der Waals surface area (Å²) < 4.78 is 0. The molecule has 160 valence electrons. The van der Waals surface area contributed by atoms with Crippen LogP contribution in [0.1, 0.15) is 17.2 Å². The third kappa shape index (κ3) is 5.06. The zero-order chi connectivity index (χ0) is 21.6. The summed E-state index contributed by atoms with van der Waals surface area (Å²) in [4.78, 5) is 19.6. The molecule has 0 spiro atoms. The van der Waals surface area contributed by atoms with Crippen LogP contribution in [0.3, 0.4) is 0 Å². The molecule has 0 radical (unpaired) electrons. The number of piperazine rings is 1. The van der Waals surface area contributed by atoms with Gasteiger partial charge < -0.3 is 14.9 Å². The van der Waals surface area contributed by atoms with Crippen molar-refractivity contribution in [3.63, 3.8) is 0 Å². The zero-order valence-corrected chi connectivity index (χ0v) is 17.9. The van der Waals surface area contributed by atoms with Gasteiger partial charge >= 0.3 is 0 Å². The van der Waals surface area contributed by atoms with E-state index in [0.29, 0.717) is 6.54 Å². The van der Waals surface area contributed by atoms with E-state index in [1.54, 1.807) is 12.1 Å². The van der Waals surface area contributed by atoms with Crippen LogP contribution in [-0.4, -0.2) is 60.6 Å². The molecule has 31 heavy (non-hydrogen) atoms. The van der Waals surface area contributed by atoms with Crippen molar-refractivity contribution in [3.05, 3.63) is 96.1 Å². The molecule has 0 bridgehead atoms. The lowest BCUT2D eigenvalue weighted by Crippen LogP contribution is -2.50. The number of benzene rings is 3. The van der Waals surface area contributed by atoms with Crippen molar-refractivity contribution in [2.45, 2.75) is 6.04 Å². The third-order valence-electron chi connectivity index (χ3n) is 5.96. The summed E-state index contributed by atoms with van der Waals surface area (Å²) in [5.41, 5.74) is 3.33. The average Bonchev–Trinajstić information content (AvgIpc) is 2.82. The first-order valence-electron chi connectivity index (χ1n) is 10.7. The molecule has 3 aromatic carbocycles. The van der Waals surface area contributed by atoms with Crippen LogP contribution in [0, 0.1) is 0 Å². The van der Waals surface area contributed by atoms with Crippen molar-refractivity contribution in [2.75, 3.05) is 44.7 Å². The fourth-order valence-corrected chi connectivity index (χ4v) is 4.18. The smallest absolute Gasteiger partial charge is 0.237 e. The molecule has 0 aromatic heterocycles. The molecule has 1 saturated heterocycles. The molecule has 1 heterocycles. The zero-order valence-electron chi connectivity index (χ0n) is 17.9. The molecule has 1 aliphatic heterocycles. The topological polar surface area (TPSA) is 47.0 Å². The summed E-state index contributed by atoms with van der Waals surface area (Å²) in [6, 6.07) is 27.6. The van der Waals surface area contributed by atoms with Crippen LogP contribution in [0.5, 0.6) is 5.75 Å². The minimum atomic E-state index is -0.104. The van der Waals surface area contributed by atoms with Gasteiger partial charge in [0, 0.05) is 38.9 Å². The number of rotatable bonds is 6. The number of anilines is 1. The number of nitrogens with zero attached hydrogens (tertiary/aromatic N) is 3. The van der Waals surface area contributed by atoms with Crippen molar-refractivity contribution in [1.82, 2.24) is 9.80 Å². The maximum absolute atomic E-state index is 13.2. The van der Waals surface area contributed by atoms with Crippen molar-refractivity contribution < 1.29 is 9.90 Å². The Hall–Kier alpha value is -3.31. The summed E-state index contributed by atoms with van der Waals surface area (Å²) in [6.07, 6.45) is 0. The predicted octanol–water partition coefficient (Wildman–Crippen LogP) is 3.76. The molecule has 1 N–H and O–H groups in total. The van der Waals surface area contributed by atoms with Crippen LogP contribution in [0.25, 0.3) is 0 Å². The third-order valence-corrected chi connectivity index (χ3v) is 5.96. The monoisotopic (exact) mass is 415 g/mol. The fourth-order valence-electron chi connectivity index (χ4n) is 4.18. The average molecular weight is 416 g/mol. The van der Waals surface area contributed by atoms with E-state index in [1.807, 2.05) is 60.5 Å². The highest BCUT2D eigenvalue weighted by Gasteiger charge is 2.26. The van der Waals surface area contributed by atoms with E-state index in [2.05, 4.69) is 34.1 Å². The van der Waals surface area contributed by atoms with E-state index < -0.39 is 0 Å². The molecule has 4 rings (SSSR count). The molecule has 0 atom stereocenters. The first kappa shape index (κ1) is 20.9. The van der Waals surface area contributed by atoms with Gasteiger partial charge in [-0.1, -0.05) is 60.7 Å². The largest absolute Gasteiger partial charge is 0.508 e. The maximum Gasteiger partial charge on any atom is 0.237 e. The van der Waals surface area contributed by atoms with Crippen molar-refractivity contribution >= 4 is 11.6 Å². The van der Waals surface area contributed by atoms with Gasteiger partial charge in [0.25, 0.3) is 0 Å². The van der Waals surface area contributed by atoms with Crippen LogP contribution in [0.15, 0.2) is 84.9 Å². The second-order valence-corrected chi connectivity index (χ2v) is 8.01. The number of amides is 1. The Morgan fingerprint density at radius 1 is 0.839 bits per heavy atom. The Balaban J connectivity index is 1.41. The van der Waals surface area contributed by atoms with Crippen LogP contribution in [-0.2, 0) is 4.79 Å². The Morgan fingerprint density at radius 3 is 1.87 bits per heavy atom. The summed E-state index contributed by atoms with van der Waals surface area (Å²) in [5.74, 6) is 0.401. The number of hydrogen-bond acceptors (Lipinski definition) is 4. The van der Waals surface area contributed by atoms with E-state index in [0.717, 1.165) is 43.0 Å². The van der Waals surface area contributed by atoms with E-state index in [4.69, 9.17) is 0 Å². The highest BCUT2D eigenvalue weighted by atomic mass is 16.3.